The molecule has 2 saturated heterocycles. The van der Waals surface area contributed by atoms with Crippen LogP contribution in [0, 0.1) is 13.8 Å². The first-order chi connectivity index (χ1) is 19.2. The maximum Gasteiger partial charge on any atom is 0.254 e. The van der Waals surface area contributed by atoms with Gasteiger partial charge in [-0.25, -0.2) is 8.42 Å². The van der Waals surface area contributed by atoms with Crippen LogP contribution in [0.25, 0.3) is 0 Å². The Balaban J connectivity index is 1.28. The minimum atomic E-state index is -3.71. The van der Waals surface area contributed by atoms with E-state index in [2.05, 4.69) is 4.90 Å². The Kier molecular flexibility index (Phi) is 8.32. The van der Waals surface area contributed by atoms with Crippen LogP contribution in [0.4, 0.5) is 5.69 Å². The molecule has 0 saturated carbocycles. The van der Waals surface area contributed by atoms with E-state index in [1.54, 1.807) is 30.3 Å². The average Bonchev–Trinajstić information content (AvgIpc) is 3.41. The van der Waals surface area contributed by atoms with Crippen LogP contribution in [0.1, 0.15) is 33.5 Å². The number of benzene rings is 3. The van der Waals surface area contributed by atoms with E-state index < -0.39 is 9.84 Å². The Morgan fingerprint density at radius 2 is 1.70 bits per heavy atom. The van der Waals surface area contributed by atoms with E-state index >= 15 is 0 Å². The number of anilines is 1. The molecule has 0 N–H and O–H groups in total. The Labute approximate surface area is 236 Å². The van der Waals surface area contributed by atoms with Gasteiger partial charge in [-0.1, -0.05) is 30.3 Å². The summed E-state index contributed by atoms with van der Waals surface area (Å²) in [7, 11) is -2.23. The monoisotopic (exact) mass is 564 g/mol. The van der Waals surface area contributed by atoms with Crippen molar-refractivity contribution < 1.29 is 27.4 Å². The first-order valence-corrected chi connectivity index (χ1v) is 15.2. The minimum absolute atomic E-state index is 0.0230. The Morgan fingerprint density at radius 1 is 0.975 bits per heavy atom. The second kappa shape index (κ2) is 11.9. The Bertz CT molecular complexity index is 1460. The van der Waals surface area contributed by atoms with Crippen LogP contribution in [0.2, 0.25) is 0 Å². The molecule has 1 amide bonds. The molecule has 0 radical (unpaired) electrons. The highest BCUT2D eigenvalue weighted by atomic mass is 32.2. The summed E-state index contributed by atoms with van der Waals surface area (Å²) in [5.41, 5.74) is 4.15. The van der Waals surface area contributed by atoms with Crippen LogP contribution in [-0.4, -0.2) is 71.8 Å². The van der Waals surface area contributed by atoms with Crippen LogP contribution in [0.3, 0.4) is 0 Å². The fourth-order valence-electron chi connectivity index (χ4n) is 5.44. The molecule has 2 aliphatic rings. The Hall–Kier alpha value is -3.56. The zero-order valence-electron chi connectivity index (χ0n) is 23.3. The molecule has 3 aromatic rings. The van der Waals surface area contributed by atoms with E-state index in [9.17, 15) is 13.2 Å². The van der Waals surface area contributed by atoms with Gasteiger partial charge in [0, 0.05) is 37.3 Å². The summed E-state index contributed by atoms with van der Waals surface area (Å²) in [4.78, 5) is 17.3. The van der Waals surface area contributed by atoms with Gasteiger partial charge in [0.15, 0.2) is 9.84 Å². The summed E-state index contributed by atoms with van der Waals surface area (Å²) < 4.78 is 44.2. The van der Waals surface area contributed by atoms with Crippen molar-refractivity contribution in [3.63, 3.8) is 0 Å². The number of ether oxygens (including phenoxy) is 3. The molecule has 3 aromatic carbocycles. The second-order valence-corrected chi connectivity index (χ2v) is 12.3. The van der Waals surface area contributed by atoms with Crippen molar-refractivity contribution in [3.05, 3.63) is 82.9 Å². The number of hydrogen-bond acceptors (Lipinski definition) is 7. The normalized spacial score (nSPS) is 17.6. The number of sulfone groups is 1. The van der Waals surface area contributed by atoms with Crippen molar-refractivity contribution in [3.8, 4) is 11.5 Å². The van der Waals surface area contributed by atoms with Crippen LogP contribution in [0.5, 0.6) is 11.5 Å². The highest BCUT2D eigenvalue weighted by Gasteiger charge is 2.30. The molecule has 0 unspecified atom stereocenters. The van der Waals surface area contributed by atoms with Crippen molar-refractivity contribution in [2.45, 2.75) is 37.0 Å². The number of carbonyl (C=O) groups is 1. The van der Waals surface area contributed by atoms with Gasteiger partial charge in [0.1, 0.15) is 22.5 Å². The van der Waals surface area contributed by atoms with Gasteiger partial charge in [-0.3, -0.25) is 4.79 Å². The standard InChI is InChI=1S/C31H36N2O6S/c1-22-6-4-7-23(2)30(22)31(34)33-13-12-27(20-33)39-26-9-5-8-24(18-26)21-40(35,36)29-19-25(10-11-28(29)37-3)32-14-16-38-17-15-32/h4-11,18-19,27H,12-17,20-21H2,1-3H3/t27-/m0/s1. The fraction of sp³-hybridized carbons (Fsp3) is 0.387. The molecule has 8 nitrogen and oxygen atoms in total. The number of carbonyl (C=O) groups excluding carboxylic acids is 1. The highest BCUT2D eigenvalue weighted by Crippen LogP contribution is 2.32. The number of hydrogen-bond donors (Lipinski definition) is 0. The van der Waals surface area contributed by atoms with E-state index in [-0.39, 0.29) is 22.7 Å². The number of amides is 1. The van der Waals surface area contributed by atoms with E-state index in [0.29, 0.717) is 62.9 Å². The van der Waals surface area contributed by atoms with Crippen LogP contribution >= 0.6 is 0 Å². The number of methoxy groups -OCH3 is 1. The van der Waals surface area contributed by atoms with Gasteiger partial charge in [0.05, 0.1) is 32.6 Å². The lowest BCUT2D eigenvalue weighted by atomic mass is 10.0. The molecule has 212 valence electrons. The fourth-order valence-corrected chi connectivity index (χ4v) is 6.98. The average molecular weight is 565 g/mol. The third-order valence-corrected chi connectivity index (χ3v) is 9.25. The first-order valence-electron chi connectivity index (χ1n) is 13.6. The third-order valence-electron chi connectivity index (χ3n) is 7.54. The summed E-state index contributed by atoms with van der Waals surface area (Å²) in [6.07, 6.45) is 0.551. The molecule has 2 heterocycles. The molecule has 40 heavy (non-hydrogen) atoms. The molecule has 9 heteroatoms. The van der Waals surface area contributed by atoms with E-state index in [4.69, 9.17) is 14.2 Å². The van der Waals surface area contributed by atoms with Gasteiger partial charge in [-0.2, -0.15) is 0 Å². The molecule has 2 aliphatic heterocycles. The van der Waals surface area contributed by atoms with Crippen LogP contribution < -0.4 is 14.4 Å². The van der Waals surface area contributed by atoms with Crippen molar-refractivity contribution in [1.82, 2.24) is 4.90 Å². The molecule has 2 fully saturated rings. The summed E-state index contributed by atoms with van der Waals surface area (Å²) in [6, 6.07) is 18.3. The zero-order chi connectivity index (χ0) is 28.3. The number of aryl methyl sites for hydroxylation is 2. The van der Waals surface area contributed by atoms with Gasteiger partial charge in [0.25, 0.3) is 5.91 Å². The van der Waals surface area contributed by atoms with Crippen molar-refractivity contribution in [2.24, 2.45) is 0 Å². The number of morpholine rings is 1. The predicted octanol–water partition coefficient (Wildman–Crippen LogP) is 4.42. The quantitative estimate of drug-likeness (QED) is 0.401. The lowest BCUT2D eigenvalue weighted by Gasteiger charge is -2.29. The maximum atomic E-state index is 13.6. The van der Waals surface area contributed by atoms with Crippen LogP contribution in [-0.2, 0) is 20.3 Å². The molecule has 5 rings (SSSR count). The van der Waals surface area contributed by atoms with Gasteiger partial charge in [0.2, 0.25) is 0 Å². The lowest BCUT2D eigenvalue weighted by molar-refractivity contribution is 0.0771. The maximum absolute atomic E-state index is 13.6. The number of nitrogens with zero attached hydrogens (tertiary/aromatic N) is 2. The van der Waals surface area contributed by atoms with E-state index in [1.165, 1.54) is 7.11 Å². The SMILES string of the molecule is COc1ccc(N2CCOCC2)cc1S(=O)(=O)Cc1cccc(O[C@H]2CCN(C(=O)c3c(C)cccc3C)C2)c1. The molecular weight excluding hydrogens is 528 g/mol. The van der Waals surface area contributed by atoms with Gasteiger partial charge < -0.3 is 24.0 Å². The summed E-state index contributed by atoms with van der Waals surface area (Å²) in [5, 5.41) is 0. The Morgan fingerprint density at radius 3 is 2.42 bits per heavy atom. The lowest BCUT2D eigenvalue weighted by Crippen LogP contribution is -2.36. The van der Waals surface area contributed by atoms with E-state index in [1.807, 2.05) is 49.1 Å². The summed E-state index contributed by atoms with van der Waals surface area (Å²) in [5.74, 6) is 0.751. The largest absolute Gasteiger partial charge is 0.495 e. The van der Waals surface area contributed by atoms with Crippen molar-refractivity contribution >= 4 is 21.4 Å². The number of likely N-dealkylation sites (tertiary alicyclic amines) is 1. The van der Waals surface area contributed by atoms with Crippen molar-refractivity contribution in [2.75, 3.05) is 51.4 Å². The predicted molar refractivity (Wildman–Crippen MR) is 154 cm³/mol. The molecule has 0 aliphatic carbocycles. The van der Waals surface area contributed by atoms with E-state index in [0.717, 1.165) is 22.4 Å². The molecule has 0 spiro atoms. The molecule has 0 bridgehead atoms. The summed E-state index contributed by atoms with van der Waals surface area (Å²) >= 11 is 0. The smallest absolute Gasteiger partial charge is 0.254 e. The molecule has 0 aromatic heterocycles. The number of rotatable bonds is 8. The summed E-state index contributed by atoms with van der Waals surface area (Å²) in [6.45, 7) is 7.65. The minimum Gasteiger partial charge on any atom is -0.495 e. The molecule has 1 atom stereocenters. The van der Waals surface area contributed by atoms with Gasteiger partial charge in [-0.15, -0.1) is 0 Å². The van der Waals surface area contributed by atoms with Crippen LogP contribution in [0.15, 0.2) is 65.6 Å². The second-order valence-electron chi connectivity index (χ2n) is 10.4. The van der Waals surface area contributed by atoms with Gasteiger partial charge in [-0.05, 0) is 60.9 Å². The highest BCUT2D eigenvalue weighted by molar-refractivity contribution is 7.90. The topological polar surface area (TPSA) is 85.4 Å². The molecular formula is C31H36N2O6S. The third kappa shape index (κ3) is 6.10. The first kappa shape index (κ1) is 28.0. The zero-order valence-corrected chi connectivity index (χ0v) is 24.1. The van der Waals surface area contributed by atoms with Crippen molar-refractivity contribution in [1.29, 1.82) is 0 Å². The van der Waals surface area contributed by atoms with Gasteiger partial charge >= 0.3 is 0 Å².